The fourth-order valence-corrected chi connectivity index (χ4v) is 3.08. The summed E-state index contributed by atoms with van der Waals surface area (Å²) in [6.07, 6.45) is 1.31. The molecule has 136 valence electrons. The summed E-state index contributed by atoms with van der Waals surface area (Å²) in [5.74, 6) is -1.25. The molecule has 2 rings (SSSR count). The Balaban J connectivity index is 1.80. The molecule has 1 aromatic carbocycles. The summed E-state index contributed by atoms with van der Waals surface area (Å²) in [5.41, 5.74) is 1.10. The second-order valence-corrected chi connectivity index (χ2v) is 6.76. The van der Waals surface area contributed by atoms with E-state index >= 15 is 0 Å². The number of amides is 2. The van der Waals surface area contributed by atoms with Crippen molar-refractivity contribution in [2.24, 2.45) is 5.92 Å². The molecule has 1 aliphatic rings. The molecule has 0 aliphatic carbocycles. The first-order valence-electron chi connectivity index (χ1n) is 8.68. The minimum absolute atomic E-state index is 0.0398. The maximum atomic E-state index is 12.4. The molecule has 0 aromatic heterocycles. The molecule has 0 spiro atoms. The second-order valence-electron chi connectivity index (χ2n) is 6.76. The Hall–Kier alpha value is -2.37. The normalized spacial score (nSPS) is 16.3. The zero-order valence-corrected chi connectivity index (χ0v) is 14.9. The Kier molecular flexibility index (Phi) is 6.56. The van der Waals surface area contributed by atoms with E-state index in [1.807, 2.05) is 37.3 Å². The highest BCUT2D eigenvalue weighted by Gasteiger charge is 2.28. The lowest BCUT2D eigenvalue weighted by atomic mass is 9.97. The van der Waals surface area contributed by atoms with E-state index < -0.39 is 5.97 Å². The van der Waals surface area contributed by atoms with Crippen molar-refractivity contribution in [2.45, 2.75) is 32.1 Å². The van der Waals surface area contributed by atoms with Crippen molar-refractivity contribution in [3.05, 3.63) is 35.9 Å². The van der Waals surface area contributed by atoms with Gasteiger partial charge in [-0.1, -0.05) is 37.3 Å². The molecule has 1 aliphatic heterocycles. The number of piperidine rings is 1. The number of likely N-dealkylation sites (N-methyl/N-ethyl adjacent to an activating group) is 1. The molecule has 0 bridgehead atoms. The van der Waals surface area contributed by atoms with Gasteiger partial charge in [0.25, 0.3) is 0 Å². The number of hydrogen-bond acceptors (Lipinski definition) is 3. The molecule has 1 fully saturated rings. The maximum Gasteiger partial charge on any atom is 0.306 e. The molecule has 2 amide bonds. The van der Waals surface area contributed by atoms with E-state index in [0.717, 1.165) is 5.56 Å². The number of carbonyl (C=O) groups is 3. The monoisotopic (exact) mass is 346 g/mol. The number of carbonyl (C=O) groups excluding carboxylic acids is 2. The highest BCUT2D eigenvalue weighted by atomic mass is 16.4. The lowest BCUT2D eigenvalue weighted by Crippen LogP contribution is -2.45. The Labute approximate surface area is 148 Å². The standard InChI is InChI=1S/C19H26N2O4/c1-14(15-6-4-3-5-7-15)12-17(22)20(2)13-18(23)21-10-8-16(9-11-21)19(24)25/h3-7,14,16H,8-13H2,1-2H3,(H,24,25). The molecule has 6 heteroatoms. The van der Waals surface area contributed by atoms with E-state index in [1.54, 1.807) is 11.9 Å². The van der Waals surface area contributed by atoms with Gasteiger partial charge in [0.2, 0.25) is 11.8 Å². The first-order chi connectivity index (χ1) is 11.9. The Morgan fingerprint density at radius 3 is 2.36 bits per heavy atom. The molecular formula is C19H26N2O4. The number of carboxylic acid groups (broad SMARTS) is 1. The number of nitrogens with zero attached hydrogens (tertiary/aromatic N) is 2. The van der Waals surface area contributed by atoms with Gasteiger partial charge in [-0.2, -0.15) is 0 Å². The van der Waals surface area contributed by atoms with E-state index in [1.165, 1.54) is 4.90 Å². The third-order valence-electron chi connectivity index (χ3n) is 4.84. The molecule has 1 atom stereocenters. The number of benzene rings is 1. The van der Waals surface area contributed by atoms with Crippen molar-refractivity contribution >= 4 is 17.8 Å². The SMILES string of the molecule is CC(CC(=O)N(C)CC(=O)N1CCC(C(=O)O)CC1)c1ccccc1. The predicted octanol–water partition coefficient (Wildman–Crippen LogP) is 1.96. The Morgan fingerprint density at radius 1 is 1.20 bits per heavy atom. The van der Waals surface area contributed by atoms with Gasteiger partial charge < -0.3 is 14.9 Å². The number of likely N-dealkylation sites (tertiary alicyclic amines) is 1. The third-order valence-corrected chi connectivity index (χ3v) is 4.84. The van der Waals surface area contributed by atoms with Crippen molar-refractivity contribution in [1.29, 1.82) is 0 Å². The molecule has 1 heterocycles. The van der Waals surface area contributed by atoms with Crippen molar-refractivity contribution in [1.82, 2.24) is 9.80 Å². The molecule has 0 saturated carbocycles. The first kappa shape index (κ1) is 19.0. The summed E-state index contributed by atoms with van der Waals surface area (Å²) in [4.78, 5) is 38.8. The first-order valence-corrected chi connectivity index (χ1v) is 8.68. The minimum atomic E-state index is -0.797. The van der Waals surface area contributed by atoms with Crippen LogP contribution >= 0.6 is 0 Å². The maximum absolute atomic E-state index is 12.4. The van der Waals surface area contributed by atoms with E-state index in [0.29, 0.717) is 32.4 Å². The van der Waals surface area contributed by atoms with Crippen LogP contribution in [0.4, 0.5) is 0 Å². The van der Waals surface area contributed by atoms with Crippen LogP contribution in [0.25, 0.3) is 0 Å². The smallest absolute Gasteiger partial charge is 0.306 e. The van der Waals surface area contributed by atoms with Crippen molar-refractivity contribution in [3.63, 3.8) is 0 Å². The van der Waals surface area contributed by atoms with E-state index in [2.05, 4.69) is 0 Å². The summed E-state index contributed by atoms with van der Waals surface area (Å²) in [7, 11) is 1.64. The zero-order chi connectivity index (χ0) is 18.4. The van der Waals surface area contributed by atoms with Crippen LogP contribution in [-0.2, 0) is 14.4 Å². The summed E-state index contributed by atoms with van der Waals surface area (Å²) < 4.78 is 0. The molecule has 1 unspecified atom stereocenters. The molecule has 6 nitrogen and oxygen atoms in total. The van der Waals surface area contributed by atoms with Gasteiger partial charge in [0.1, 0.15) is 0 Å². The lowest BCUT2D eigenvalue weighted by Gasteiger charge is -2.31. The van der Waals surface area contributed by atoms with Gasteiger partial charge in [-0.15, -0.1) is 0 Å². The largest absolute Gasteiger partial charge is 0.481 e. The highest BCUT2D eigenvalue weighted by molar-refractivity contribution is 5.85. The molecular weight excluding hydrogens is 320 g/mol. The van der Waals surface area contributed by atoms with E-state index in [9.17, 15) is 14.4 Å². The van der Waals surface area contributed by atoms with Crippen LogP contribution < -0.4 is 0 Å². The van der Waals surface area contributed by atoms with Gasteiger partial charge in [0.15, 0.2) is 0 Å². The van der Waals surface area contributed by atoms with Crippen LogP contribution in [0.3, 0.4) is 0 Å². The minimum Gasteiger partial charge on any atom is -0.481 e. The van der Waals surface area contributed by atoms with Crippen LogP contribution in [-0.4, -0.2) is 59.4 Å². The Morgan fingerprint density at radius 2 is 1.80 bits per heavy atom. The average molecular weight is 346 g/mol. The number of rotatable bonds is 6. The molecule has 1 saturated heterocycles. The highest BCUT2D eigenvalue weighted by Crippen LogP contribution is 2.20. The van der Waals surface area contributed by atoms with Crippen LogP contribution in [0.2, 0.25) is 0 Å². The van der Waals surface area contributed by atoms with Crippen molar-refractivity contribution < 1.29 is 19.5 Å². The van der Waals surface area contributed by atoms with Crippen molar-refractivity contribution in [3.8, 4) is 0 Å². The van der Waals surface area contributed by atoms with E-state index in [4.69, 9.17) is 5.11 Å². The fourth-order valence-electron chi connectivity index (χ4n) is 3.08. The number of aliphatic carboxylic acids is 1. The van der Waals surface area contributed by atoms with Crippen LogP contribution in [0.5, 0.6) is 0 Å². The number of hydrogen-bond donors (Lipinski definition) is 1. The predicted molar refractivity (Wildman–Crippen MR) is 94.1 cm³/mol. The second kappa shape index (κ2) is 8.65. The zero-order valence-electron chi connectivity index (χ0n) is 14.9. The summed E-state index contributed by atoms with van der Waals surface area (Å²) in [5, 5.41) is 9.00. The van der Waals surface area contributed by atoms with Crippen LogP contribution in [0, 0.1) is 5.92 Å². The van der Waals surface area contributed by atoms with Crippen LogP contribution in [0.1, 0.15) is 37.7 Å². The fraction of sp³-hybridized carbons (Fsp3) is 0.526. The van der Waals surface area contributed by atoms with Gasteiger partial charge in [-0.3, -0.25) is 14.4 Å². The molecule has 1 aromatic rings. The van der Waals surface area contributed by atoms with Gasteiger partial charge >= 0.3 is 5.97 Å². The molecule has 1 N–H and O–H groups in total. The molecule has 25 heavy (non-hydrogen) atoms. The average Bonchev–Trinajstić information content (AvgIpc) is 2.62. The summed E-state index contributed by atoms with van der Waals surface area (Å²) in [6, 6.07) is 9.83. The van der Waals surface area contributed by atoms with Gasteiger partial charge in [-0.25, -0.2) is 0 Å². The molecule has 0 radical (unpaired) electrons. The van der Waals surface area contributed by atoms with Gasteiger partial charge in [0, 0.05) is 26.6 Å². The van der Waals surface area contributed by atoms with Crippen molar-refractivity contribution in [2.75, 3.05) is 26.7 Å². The quantitative estimate of drug-likeness (QED) is 0.854. The van der Waals surface area contributed by atoms with Crippen LogP contribution in [0.15, 0.2) is 30.3 Å². The lowest BCUT2D eigenvalue weighted by molar-refractivity contribution is -0.146. The van der Waals surface area contributed by atoms with Gasteiger partial charge in [0.05, 0.1) is 12.5 Å². The summed E-state index contributed by atoms with van der Waals surface area (Å²) >= 11 is 0. The summed E-state index contributed by atoms with van der Waals surface area (Å²) in [6.45, 7) is 2.92. The van der Waals surface area contributed by atoms with E-state index in [-0.39, 0.29) is 30.2 Å². The van der Waals surface area contributed by atoms with Gasteiger partial charge in [-0.05, 0) is 24.3 Å². The Bertz CT molecular complexity index is 609. The topological polar surface area (TPSA) is 77.9 Å². The number of carboxylic acids is 1. The third kappa shape index (κ3) is 5.31.